The Morgan fingerprint density at radius 2 is 1.86 bits per heavy atom. The molecule has 1 saturated heterocycles. The van der Waals surface area contributed by atoms with Crippen molar-refractivity contribution in [1.82, 2.24) is 9.21 Å². The van der Waals surface area contributed by atoms with Gasteiger partial charge in [-0.15, -0.1) is 0 Å². The Bertz CT molecular complexity index is 554. The maximum atomic E-state index is 11.8. The molecule has 0 aromatic heterocycles. The lowest BCUT2D eigenvalue weighted by Crippen LogP contribution is -2.47. The highest BCUT2D eigenvalue weighted by molar-refractivity contribution is 7.88. The molecule has 0 aliphatic carbocycles. The highest BCUT2D eigenvalue weighted by atomic mass is 32.2. The number of sulfonamides is 1. The summed E-state index contributed by atoms with van der Waals surface area (Å²) in [7, 11) is -3.13. The summed E-state index contributed by atoms with van der Waals surface area (Å²) in [6.07, 6.45) is 2.43. The third-order valence-corrected chi connectivity index (χ3v) is 5.73. The number of β-amino-alcohol motifs (C(OH)–C–C–N with tert-alkyl or cyclic N) is 1. The maximum Gasteiger partial charge on any atom is 0.211 e. The summed E-state index contributed by atoms with van der Waals surface area (Å²) >= 11 is 0. The minimum absolute atomic E-state index is 0.0881. The highest BCUT2D eigenvalue weighted by Gasteiger charge is 2.29. The van der Waals surface area contributed by atoms with Crippen LogP contribution in [0.4, 0.5) is 0 Å². The van der Waals surface area contributed by atoms with E-state index in [-0.39, 0.29) is 6.04 Å². The van der Waals surface area contributed by atoms with E-state index in [9.17, 15) is 13.5 Å². The summed E-state index contributed by atoms with van der Waals surface area (Å²) in [4.78, 5) is 2.21. The third-order valence-electron chi connectivity index (χ3n) is 4.32. The van der Waals surface area contributed by atoms with Crippen molar-refractivity contribution in [2.75, 3.05) is 32.4 Å². The fourth-order valence-electron chi connectivity index (χ4n) is 3.18. The second-order valence-corrected chi connectivity index (χ2v) is 7.86. The second-order valence-electron chi connectivity index (χ2n) is 5.92. The first-order valence-corrected chi connectivity index (χ1v) is 9.68. The molecule has 1 fully saturated rings. The van der Waals surface area contributed by atoms with Gasteiger partial charge in [0.1, 0.15) is 0 Å². The Kier molecular flexibility index (Phi) is 5.97. The highest BCUT2D eigenvalue weighted by Crippen LogP contribution is 2.21. The number of hydrogen-bond donors (Lipinski definition) is 1. The van der Waals surface area contributed by atoms with Crippen LogP contribution in [0.15, 0.2) is 30.3 Å². The number of rotatable bonds is 6. The van der Waals surface area contributed by atoms with Gasteiger partial charge in [-0.25, -0.2) is 8.42 Å². The number of piperidine rings is 1. The summed E-state index contributed by atoms with van der Waals surface area (Å²) in [5.74, 6) is 0. The van der Waals surface area contributed by atoms with Gasteiger partial charge in [0.05, 0.1) is 12.4 Å². The van der Waals surface area contributed by atoms with Crippen LogP contribution in [0, 0.1) is 0 Å². The number of benzene rings is 1. The molecule has 0 saturated carbocycles. The molecule has 5 nitrogen and oxygen atoms in total. The molecule has 1 aliphatic rings. The molecular formula is C16H26N2O3S. The Morgan fingerprint density at radius 1 is 1.27 bits per heavy atom. The first-order valence-electron chi connectivity index (χ1n) is 7.84. The normalized spacial score (nSPS) is 19.5. The molecule has 0 spiro atoms. The molecule has 1 aromatic rings. The van der Waals surface area contributed by atoms with E-state index in [0.717, 1.165) is 31.5 Å². The van der Waals surface area contributed by atoms with Gasteiger partial charge >= 0.3 is 0 Å². The zero-order valence-electron chi connectivity index (χ0n) is 13.4. The number of likely N-dealkylation sites (tertiary alicyclic amines) is 1. The lowest BCUT2D eigenvalue weighted by atomic mass is 10.0. The topological polar surface area (TPSA) is 60.9 Å². The van der Waals surface area contributed by atoms with E-state index >= 15 is 0 Å². The Morgan fingerprint density at radius 3 is 2.36 bits per heavy atom. The van der Waals surface area contributed by atoms with Crippen molar-refractivity contribution in [3.05, 3.63) is 35.9 Å². The van der Waals surface area contributed by atoms with Crippen LogP contribution in [0.25, 0.3) is 0 Å². The quantitative estimate of drug-likeness (QED) is 0.860. The van der Waals surface area contributed by atoms with Gasteiger partial charge in [0.25, 0.3) is 0 Å². The van der Waals surface area contributed by atoms with Crippen LogP contribution in [0.5, 0.6) is 0 Å². The van der Waals surface area contributed by atoms with Gasteiger partial charge in [0.15, 0.2) is 0 Å². The van der Waals surface area contributed by atoms with E-state index in [0.29, 0.717) is 13.1 Å². The summed E-state index contributed by atoms with van der Waals surface area (Å²) in [6.45, 7) is 4.64. The number of aliphatic hydroxyl groups excluding tert-OH is 1. The molecule has 0 bridgehead atoms. The fourth-order valence-corrected chi connectivity index (χ4v) is 4.40. The molecule has 0 amide bonds. The van der Waals surface area contributed by atoms with Gasteiger partial charge < -0.3 is 10.0 Å². The summed E-state index contributed by atoms with van der Waals surface area (Å²) in [5.41, 5.74) is 0.927. The molecule has 124 valence electrons. The van der Waals surface area contributed by atoms with Gasteiger partial charge in [-0.1, -0.05) is 37.3 Å². The largest absolute Gasteiger partial charge is 0.387 e. The lowest BCUT2D eigenvalue weighted by Gasteiger charge is -2.37. The van der Waals surface area contributed by atoms with Crippen molar-refractivity contribution in [1.29, 1.82) is 0 Å². The summed E-state index contributed by atoms with van der Waals surface area (Å²) < 4.78 is 25.2. The van der Waals surface area contributed by atoms with E-state index in [1.54, 1.807) is 4.31 Å². The number of hydrogen-bond acceptors (Lipinski definition) is 4. The van der Waals surface area contributed by atoms with Crippen molar-refractivity contribution in [3.63, 3.8) is 0 Å². The van der Waals surface area contributed by atoms with Crippen LogP contribution in [0.2, 0.25) is 0 Å². The standard InChI is InChI=1S/C16H26N2O3S/c1-3-18(22(2,20)21)15-9-11-17(12-10-15)13-16(19)14-7-5-4-6-8-14/h4-8,15-16,19H,3,9-13H2,1-2H3/t16-/m0/s1. The Balaban J connectivity index is 1.87. The first-order chi connectivity index (χ1) is 10.4. The SMILES string of the molecule is CCN(C1CCN(C[C@H](O)c2ccccc2)CC1)S(C)(=O)=O. The molecule has 1 atom stereocenters. The molecule has 0 unspecified atom stereocenters. The predicted molar refractivity (Wildman–Crippen MR) is 88.1 cm³/mol. The van der Waals surface area contributed by atoms with Crippen LogP contribution in [0.1, 0.15) is 31.4 Å². The number of aliphatic hydroxyl groups is 1. The van der Waals surface area contributed by atoms with E-state index < -0.39 is 16.1 Å². The van der Waals surface area contributed by atoms with Crippen molar-refractivity contribution in [3.8, 4) is 0 Å². The first kappa shape index (κ1) is 17.4. The Hall–Kier alpha value is -0.950. The second kappa shape index (κ2) is 7.55. The fraction of sp³-hybridized carbons (Fsp3) is 0.625. The minimum Gasteiger partial charge on any atom is -0.387 e. The van der Waals surface area contributed by atoms with Crippen molar-refractivity contribution >= 4 is 10.0 Å². The number of nitrogens with zero attached hydrogens (tertiary/aromatic N) is 2. The van der Waals surface area contributed by atoms with Crippen molar-refractivity contribution in [2.45, 2.75) is 31.9 Å². The summed E-state index contributed by atoms with van der Waals surface area (Å²) in [6, 6.07) is 9.74. The molecule has 1 aromatic carbocycles. The van der Waals surface area contributed by atoms with Gasteiger partial charge in [0.2, 0.25) is 10.0 Å². The average molecular weight is 326 g/mol. The van der Waals surface area contributed by atoms with Crippen molar-refractivity contribution < 1.29 is 13.5 Å². The summed E-state index contributed by atoms with van der Waals surface area (Å²) in [5, 5.41) is 10.3. The molecule has 1 heterocycles. The monoisotopic (exact) mass is 326 g/mol. The molecule has 0 radical (unpaired) electrons. The average Bonchev–Trinajstić information content (AvgIpc) is 2.49. The van der Waals surface area contributed by atoms with Crippen LogP contribution < -0.4 is 0 Å². The molecule has 1 N–H and O–H groups in total. The van der Waals surface area contributed by atoms with Gasteiger partial charge in [-0.05, 0) is 31.5 Å². The van der Waals surface area contributed by atoms with Crippen LogP contribution in [-0.2, 0) is 10.0 Å². The third kappa shape index (κ3) is 4.52. The van der Waals surface area contributed by atoms with E-state index in [1.165, 1.54) is 6.26 Å². The van der Waals surface area contributed by atoms with E-state index in [4.69, 9.17) is 0 Å². The minimum atomic E-state index is -3.13. The molecular weight excluding hydrogens is 300 g/mol. The van der Waals surface area contributed by atoms with Crippen LogP contribution >= 0.6 is 0 Å². The lowest BCUT2D eigenvalue weighted by molar-refractivity contribution is 0.0850. The van der Waals surface area contributed by atoms with Gasteiger partial charge in [-0.2, -0.15) is 4.31 Å². The molecule has 2 rings (SSSR count). The van der Waals surface area contributed by atoms with E-state index in [1.807, 2.05) is 37.3 Å². The van der Waals surface area contributed by atoms with Gasteiger partial charge in [-0.3, -0.25) is 0 Å². The van der Waals surface area contributed by atoms with Crippen LogP contribution in [0.3, 0.4) is 0 Å². The zero-order valence-corrected chi connectivity index (χ0v) is 14.2. The van der Waals surface area contributed by atoms with E-state index in [2.05, 4.69) is 4.90 Å². The van der Waals surface area contributed by atoms with Crippen molar-refractivity contribution in [2.24, 2.45) is 0 Å². The molecule has 6 heteroatoms. The maximum absolute atomic E-state index is 11.8. The molecule has 22 heavy (non-hydrogen) atoms. The zero-order chi connectivity index (χ0) is 16.2. The predicted octanol–water partition coefficient (Wildman–Crippen LogP) is 1.47. The van der Waals surface area contributed by atoms with Gasteiger partial charge in [0, 0.05) is 19.1 Å². The molecule has 1 aliphatic heterocycles. The van der Waals surface area contributed by atoms with Crippen LogP contribution in [-0.4, -0.2) is 61.2 Å². The smallest absolute Gasteiger partial charge is 0.211 e. The Labute approximate surface area is 133 Å².